The minimum Gasteiger partial charge on any atom is -0.465 e. The fraction of sp³-hybridized carbons (Fsp3) is 0.571. The van der Waals surface area contributed by atoms with Crippen molar-refractivity contribution < 1.29 is 14.6 Å². The van der Waals surface area contributed by atoms with Gasteiger partial charge in [-0.15, -0.1) is 11.3 Å². The lowest BCUT2D eigenvalue weighted by molar-refractivity contribution is 0.0481. The van der Waals surface area contributed by atoms with Crippen LogP contribution in [0.5, 0.6) is 0 Å². The molecule has 1 aromatic rings. The van der Waals surface area contributed by atoms with Gasteiger partial charge in [0.2, 0.25) is 0 Å². The number of ether oxygens (including phenoxy) is 1. The van der Waals surface area contributed by atoms with Gasteiger partial charge >= 0.3 is 5.97 Å². The first kappa shape index (κ1) is 15.6. The zero-order valence-electron chi connectivity index (χ0n) is 12.2. The van der Waals surface area contributed by atoms with Crippen molar-refractivity contribution in [1.82, 2.24) is 0 Å². The highest BCUT2D eigenvalue weighted by atomic mass is 32.1. The number of nitrogen functional groups attached to an aromatic ring is 1. The summed E-state index contributed by atoms with van der Waals surface area (Å²) in [5.41, 5.74) is 5.65. The molecule has 2 rings (SSSR count). The molecule has 21 heavy (non-hydrogen) atoms. The number of nitrogens with two attached hydrogens (primary N) is 1. The van der Waals surface area contributed by atoms with Crippen LogP contribution < -0.4 is 10.6 Å². The van der Waals surface area contributed by atoms with Crippen LogP contribution in [0.15, 0.2) is 0 Å². The number of methoxy groups -OCH3 is 1. The van der Waals surface area contributed by atoms with Gasteiger partial charge in [0.15, 0.2) is 0 Å². The molecule has 0 bridgehead atoms. The van der Waals surface area contributed by atoms with Crippen molar-refractivity contribution in [2.24, 2.45) is 0 Å². The van der Waals surface area contributed by atoms with Gasteiger partial charge in [-0.05, 0) is 26.2 Å². The van der Waals surface area contributed by atoms with E-state index in [0.717, 1.165) is 6.42 Å². The first-order chi connectivity index (χ1) is 9.89. The predicted octanol–water partition coefficient (Wildman–Crippen LogP) is 1.73. The van der Waals surface area contributed by atoms with E-state index in [4.69, 9.17) is 15.7 Å². The maximum Gasteiger partial charge on any atom is 0.343 e. The zero-order chi connectivity index (χ0) is 15.6. The van der Waals surface area contributed by atoms with Crippen molar-refractivity contribution in [2.75, 3.05) is 30.8 Å². The van der Waals surface area contributed by atoms with Crippen LogP contribution in [0.3, 0.4) is 0 Å². The highest BCUT2D eigenvalue weighted by molar-refractivity contribution is 7.17. The number of aliphatic hydroxyl groups is 1. The molecule has 1 atom stereocenters. The zero-order valence-corrected chi connectivity index (χ0v) is 13.0. The smallest absolute Gasteiger partial charge is 0.343 e. The highest BCUT2D eigenvalue weighted by Gasteiger charge is 2.30. The van der Waals surface area contributed by atoms with E-state index >= 15 is 0 Å². The number of carbonyl (C=O) groups is 1. The van der Waals surface area contributed by atoms with E-state index in [1.54, 1.807) is 0 Å². The van der Waals surface area contributed by atoms with Crippen molar-refractivity contribution in [1.29, 1.82) is 5.26 Å². The van der Waals surface area contributed by atoms with E-state index in [9.17, 15) is 9.90 Å². The summed E-state index contributed by atoms with van der Waals surface area (Å²) in [5.74, 6) is -0.531. The van der Waals surface area contributed by atoms with E-state index in [1.807, 2.05) is 17.9 Å². The minimum atomic E-state index is -0.693. The number of nitrogens with zero attached hydrogens (tertiary/aromatic N) is 2. The van der Waals surface area contributed by atoms with E-state index in [0.29, 0.717) is 35.8 Å². The van der Waals surface area contributed by atoms with E-state index < -0.39 is 11.6 Å². The summed E-state index contributed by atoms with van der Waals surface area (Å²) in [5, 5.41) is 19.9. The largest absolute Gasteiger partial charge is 0.465 e. The summed E-state index contributed by atoms with van der Waals surface area (Å²) in [6.45, 7) is 3.15. The number of hydrogen-bond acceptors (Lipinski definition) is 7. The van der Waals surface area contributed by atoms with Crippen molar-refractivity contribution in [2.45, 2.75) is 31.8 Å². The van der Waals surface area contributed by atoms with Crippen LogP contribution in [0.1, 0.15) is 41.4 Å². The normalized spacial score (nSPS) is 22.5. The van der Waals surface area contributed by atoms with E-state index in [-0.39, 0.29) is 11.3 Å². The molecule has 1 unspecified atom stereocenters. The summed E-state index contributed by atoms with van der Waals surface area (Å²) in [6, 6.07) is 2.02. The second-order valence-corrected chi connectivity index (χ2v) is 6.47. The second-order valence-electron chi connectivity index (χ2n) is 5.47. The summed E-state index contributed by atoms with van der Waals surface area (Å²) in [6.07, 6.45) is 2.13. The Labute approximate surface area is 127 Å². The third-order valence-electron chi connectivity index (χ3n) is 3.77. The average molecular weight is 309 g/mol. The Balaban J connectivity index is 2.39. The Morgan fingerprint density at radius 2 is 2.24 bits per heavy atom. The SMILES string of the molecule is COC(=O)c1c(N2CCCC(C)(O)CC2)sc(C#N)c1N. The molecule has 0 saturated carbocycles. The monoisotopic (exact) mass is 309 g/mol. The number of anilines is 2. The number of nitriles is 1. The number of thiophene rings is 1. The maximum atomic E-state index is 12.0. The molecular formula is C14H19N3O3S. The van der Waals surface area contributed by atoms with Gasteiger partial charge in [0.1, 0.15) is 21.5 Å². The molecule has 7 heteroatoms. The Hall–Kier alpha value is -1.78. The highest BCUT2D eigenvalue weighted by Crippen LogP contribution is 2.39. The molecule has 0 radical (unpaired) electrons. The molecule has 114 valence electrons. The maximum absolute atomic E-state index is 12.0. The van der Waals surface area contributed by atoms with Gasteiger partial charge in [-0.2, -0.15) is 5.26 Å². The van der Waals surface area contributed by atoms with Gasteiger partial charge in [-0.3, -0.25) is 0 Å². The van der Waals surface area contributed by atoms with E-state index in [2.05, 4.69) is 0 Å². The Kier molecular flexibility index (Phi) is 4.40. The number of rotatable bonds is 2. The predicted molar refractivity (Wildman–Crippen MR) is 81.5 cm³/mol. The molecule has 3 N–H and O–H groups in total. The fourth-order valence-electron chi connectivity index (χ4n) is 2.50. The first-order valence-electron chi connectivity index (χ1n) is 6.77. The Morgan fingerprint density at radius 1 is 1.52 bits per heavy atom. The lowest BCUT2D eigenvalue weighted by atomic mass is 9.98. The molecule has 6 nitrogen and oxygen atoms in total. The summed E-state index contributed by atoms with van der Waals surface area (Å²) in [7, 11) is 1.29. The van der Waals surface area contributed by atoms with Crippen molar-refractivity contribution >= 4 is 28.0 Å². The van der Waals surface area contributed by atoms with Crippen LogP contribution >= 0.6 is 11.3 Å². The van der Waals surface area contributed by atoms with Gasteiger partial charge in [0.25, 0.3) is 0 Å². The van der Waals surface area contributed by atoms with Gasteiger partial charge in [-0.1, -0.05) is 0 Å². The number of hydrogen-bond donors (Lipinski definition) is 2. The number of carbonyl (C=O) groups excluding carboxylic acids is 1. The number of esters is 1. The van der Waals surface area contributed by atoms with Crippen LogP contribution in [-0.2, 0) is 4.74 Å². The van der Waals surface area contributed by atoms with Crippen LogP contribution in [0.25, 0.3) is 0 Å². The third kappa shape index (κ3) is 3.12. The average Bonchev–Trinajstić information content (AvgIpc) is 2.66. The molecule has 2 heterocycles. The van der Waals surface area contributed by atoms with Gasteiger partial charge < -0.3 is 20.5 Å². The fourth-order valence-corrected chi connectivity index (χ4v) is 3.56. The van der Waals surface area contributed by atoms with Crippen molar-refractivity contribution in [3.63, 3.8) is 0 Å². The molecule has 0 aromatic carbocycles. The Bertz CT molecular complexity index is 589. The molecule has 0 spiro atoms. The van der Waals surface area contributed by atoms with Crippen LogP contribution in [0, 0.1) is 11.3 Å². The topological polar surface area (TPSA) is 99.6 Å². The van der Waals surface area contributed by atoms with Crippen LogP contribution in [0.2, 0.25) is 0 Å². The van der Waals surface area contributed by atoms with Gasteiger partial charge in [0, 0.05) is 13.1 Å². The standard InChI is InChI=1S/C14H19N3O3S/c1-14(19)4-3-6-17(7-5-14)12-10(13(18)20-2)11(16)9(8-15)21-12/h19H,3-7,16H2,1-2H3. The van der Waals surface area contributed by atoms with Crippen molar-refractivity contribution in [3.05, 3.63) is 10.4 Å². The molecule has 1 fully saturated rings. The molecule has 0 aliphatic carbocycles. The molecule has 1 aliphatic rings. The minimum absolute atomic E-state index is 0.181. The quantitative estimate of drug-likeness (QED) is 0.807. The van der Waals surface area contributed by atoms with Crippen LogP contribution in [0.4, 0.5) is 10.7 Å². The first-order valence-corrected chi connectivity index (χ1v) is 7.59. The molecule has 1 saturated heterocycles. The second kappa shape index (κ2) is 5.92. The summed E-state index contributed by atoms with van der Waals surface area (Å²) in [4.78, 5) is 14.3. The molecule has 0 amide bonds. The van der Waals surface area contributed by atoms with Gasteiger partial charge in [0.05, 0.1) is 18.4 Å². The Morgan fingerprint density at radius 3 is 2.86 bits per heavy atom. The summed E-state index contributed by atoms with van der Waals surface area (Å²) < 4.78 is 4.78. The molecular weight excluding hydrogens is 290 g/mol. The van der Waals surface area contributed by atoms with Crippen molar-refractivity contribution in [3.8, 4) is 6.07 Å². The van der Waals surface area contributed by atoms with E-state index in [1.165, 1.54) is 18.4 Å². The van der Waals surface area contributed by atoms with Gasteiger partial charge in [-0.25, -0.2) is 4.79 Å². The molecule has 1 aromatic heterocycles. The lowest BCUT2D eigenvalue weighted by Gasteiger charge is -2.23. The van der Waals surface area contributed by atoms with Crippen LogP contribution in [-0.4, -0.2) is 36.9 Å². The molecule has 1 aliphatic heterocycles. The lowest BCUT2D eigenvalue weighted by Crippen LogP contribution is -2.28. The third-order valence-corrected chi connectivity index (χ3v) is 4.94. The summed E-state index contributed by atoms with van der Waals surface area (Å²) >= 11 is 1.20.